The van der Waals surface area contributed by atoms with Gasteiger partial charge in [-0.15, -0.1) is 0 Å². The van der Waals surface area contributed by atoms with Gasteiger partial charge in [-0.2, -0.15) is 0 Å². The molecule has 0 fully saturated rings. The number of hydrogen-bond donors (Lipinski definition) is 2. The van der Waals surface area contributed by atoms with Gasteiger partial charge < -0.3 is 30.0 Å². The van der Waals surface area contributed by atoms with Gasteiger partial charge in [-0.3, -0.25) is 9.78 Å². The highest BCUT2D eigenvalue weighted by atomic mass is 19.1. The fourth-order valence-electron chi connectivity index (χ4n) is 5.11. The smallest absolute Gasteiger partial charge is 0.249 e. The number of nitrogens with zero attached hydrogens (tertiary/aromatic N) is 4. The van der Waals surface area contributed by atoms with E-state index in [4.69, 9.17) is 15.2 Å². The van der Waals surface area contributed by atoms with Crippen LogP contribution in [0.2, 0.25) is 0 Å². The van der Waals surface area contributed by atoms with Crippen LogP contribution in [0.4, 0.5) is 20.4 Å². The molecule has 1 amide bonds. The predicted molar refractivity (Wildman–Crippen MR) is 167 cm³/mol. The maximum absolute atomic E-state index is 15.3. The molecular formula is C33H32F2N6O3. The number of aromatic nitrogens is 3. The quantitative estimate of drug-likeness (QED) is 0.239. The first kappa shape index (κ1) is 30.2. The second kappa shape index (κ2) is 12.9. The number of H-pyrrole nitrogens is 1. The first-order valence-electron chi connectivity index (χ1n) is 13.7. The zero-order valence-corrected chi connectivity index (χ0v) is 24.8. The Morgan fingerprint density at radius 2 is 1.75 bits per heavy atom. The molecule has 5 aromatic rings. The lowest BCUT2D eigenvalue weighted by atomic mass is 9.95. The molecule has 3 N–H and O–H groups in total. The summed E-state index contributed by atoms with van der Waals surface area (Å²) in [5.41, 5.74) is 9.13. The Bertz CT molecular complexity index is 1820. The van der Waals surface area contributed by atoms with E-state index in [1.54, 1.807) is 42.7 Å². The average Bonchev–Trinajstić information content (AvgIpc) is 3.48. The van der Waals surface area contributed by atoms with E-state index in [1.165, 1.54) is 20.3 Å². The Hall–Kier alpha value is -5.29. The minimum Gasteiger partial charge on any atom is -0.494 e. The molecular weight excluding hydrogens is 566 g/mol. The van der Waals surface area contributed by atoms with Gasteiger partial charge >= 0.3 is 0 Å². The number of hydrogen-bond acceptors (Lipinski definition) is 7. The van der Waals surface area contributed by atoms with Crippen LogP contribution in [-0.4, -0.2) is 60.6 Å². The van der Waals surface area contributed by atoms with Crippen molar-refractivity contribution in [3.8, 4) is 22.6 Å². The zero-order valence-electron chi connectivity index (χ0n) is 24.8. The highest BCUT2D eigenvalue weighted by molar-refractivity contribution is 6.05. The molecule has 0 saturated heterocycles. The number of ether oxygens (including phenoxy) is 2. The number of imidazole rings is 1. The Balaban J connectivity index is 0.000000245. The number of carbonyl (C=O) groups is 1. The van der Waals surface area contributed by atoms with Gasteiger partial charge in [0, 0.05) is 41.9 Å². The third kappa shape index (κ3) is 5.95. The third-order valence-corrected chi connectivity index (χ3v) is 7.03. The van der Waals surface area contributed by atoms with Gasteiger partial charge in [0.15, 0.2) is 23.1 Å². The second-order valence-corrected chi connectivity index (χ2v) is 10.3. The number of rotatable bonds is 7. The molecule has 11 heteroatoms. The Kier molecular flexibility index (Phi) is 8.86. The normalized spacial score (nSPS) is 12.1. The standard InChI is InChI=1S/C23H24F2N4O2.C10H8N2O/c1-28(2)13-15-12-26-23(27-15)29-10-6-8-14-7-5-9-16(22(14)29)19-20(24)17(30-3)11-18(31-4)21(19)25;11-10(13)8-3-1-5-9-7(8)4-2-6-12-9/h5-9,11-12H,10,13H2,1-4H3,(H,26,27);1-6H,(H2,11,13). The summed E-state index contributed by atoms with van der Waals surface area (Å²) in [5.74, 6) is -1.55. The zero-order chi connectivity index (χ0) is 31.4. The first-order chi connectivity index (χ1) is 21.2. The lowest BCUT2D eigenvalue weighted by Gasteiger charge is -2.29. The molecule has 1 aliphatic heterocycles. The number of aromatic amines is 1. The summed E-state index contributed by atoms with van der Waals surface area (Å²) in [6, 6.07) is 15.5. The number of pyridine rings is 1. The largest absolute Gasteiger partial charge is 0.494 e. The fourth-order valence-corrected chi connectivity index (χ4v) is 5.11. The van der Waals surface area contributed by atoms with E-state index in [-0.39, 0.29) is 17.1 Å². The number of nitrogens with two attached hydrogens (primary N) is 1. The Morgan fingerprint density at radius 3 is 2.43 bits per heavy atom. The van der Waals surface area contributed by atoms with Crippen LogP contribution in [0.3, 0.4) is 0 Å². The average molecular weight is 599 g/mol. The number of para-hydroxylation sites is 1. The van der Waals surface area contributed by atoms with E-state index < -0.39 is 17.5 Å². The van der Waals surface area contributed by atoms with Crippen LogP contribution in [0, 0.1) is 11.6 Å². The third-order valence-electron chi connectivity index (χ3n) is 7.03. The van der Waals surface area contributed by atoms with Gasteiger partial charge in [0.25, 0.3) is 0 Å². The van der Waals surface area contributed by atoms with E-state index >= 15 is 8.78 Å². The second-order valence-electron chi connectivity index (χ2n) is 10.3. The fraction of sp³-hybridized carbons (Fsp3) is 0.182. The molecule has 44 heavy (non-hydrogen) atoms. The van der Waals surface area contributed by atoms with Gasteiger partial charge in [0.05, 0.1) is 42.9 Å². The van der Waals surface area contributed by atoms with Crippen molar-refractivity contribution in [2.45, 2.75) is 6.54 Å². The molecule has 2 aromatic heterocycles. The maximum Gasteiger partial charge on any atom is 0.249 e. The maximum atomic E-state index is 15.3. The van der Waals surface area contributed by atoms with Gasteiger partial charge in [-0.05, 0) is 37.9 Å². The molecule has 0 radical (unpaired) electrons. The van der Waals surface area contributed by atoms with Crippen molar-refractivity contribution in [3.63, 3.8) is 0 Å². The number of primary amides is 1. The molecule has 0 bridgehead atoms. The number of anilines is 2. The molecule has 226 valence electrons. The number of benzene rings is 3. The minimum atomic E-state index is -0.781. The van der Waals surface area contributed by atoms with Crippen molar-refractivity contribution >= 4 is 34.5 Å². The van der Waals surface area contributed by atoms with Crippen molar-refractivity contribution in [1.29, 1.82) is 0 Å². The summed E-state index contributed by atoms with van der Waals surface area (Å²) in [6.07, 6.45) is 7.38. The van der Waals surface area contributed by atoms with E-state index in [0.29, 0.717) is 35.9 Å². The van der Waals surface area contributed by atoms with Crippen LogP contribution in [0.15, 0.2) is 73.1 Å². The van der Waals surface area contributed by atoms with Crippen molar-refractivity contribution < 1.29 is 23.0 Å². The summed E-state index contributed by atoms with van der Waals surface area (Å²) in [6.45, 7) is 1.20. The van der Waals surface area contributed by atoms with Gasteiger partial charge in [0.2, 0.25) is 11.9 Å². The van der Waals surface area contributed by atoms with Crippen molar-refractivity contribution in [2.24, 2.45) is 5.73 Å². The molecule has 0 aliphatic carbocycles. The van der Waals surface area contributed by atoms with Crippen LogP contribution >= 0.6 is 0 Å². The molecule has 9 nitrogen and oxygen atoms in total. The molecule has 0 spiro atoms. The number of amides is 1. The number of nitrogens with one attached hydrogen (secondary N) is 1. The summed E-state index contributed by atoms with van der Waals surface area (Å²) in [7, 11) is 6.62. The van der Waals surface area contributed by atoms with E-state index in [2.05, 4.69) is 15.0 Å². The summed E-state index contributed by atoms with van der Waals surface area (Å²) in [4.78, 5) is 26.9. The molecule has 0 saturated carbocycles. The highest BCUT2D eigenvalue weighted by Crippen LogP contribution is 2.45. The Labute approximate surface area is 253 Å². The first-order valence-corrected chi connectivity index (χ1v) is 13.7. The van der Waals surface area contributed by atoms with E-state index in [0.717, 1.165) is 22.2 Å². The van der Waals surface area contributed by atoms with Gasteiger partial charge in [0.1, 0.15) is 0 Å². The predicted octanol–water partition coefficient (Wildman–Crippen LogP) is 5.93. The van der Waals surface area contributed by atoms with Crippen molar-refractivity contribution in [3.05, 3.63) is 102 Å². The highest BCUT2D eigenvalue weighted by Gasteiger charge is 2.28. The molecule has 1 aliphatic rings. The molecule has 3 aromatic carbocycles. The topological polar surface area (TPSA) is 110 Å². The Morgan fingerprint density at radius 1 is 1.02 bits per heavy atom. The number of halogens is 2. The van der Waals surface area contributed by atoms with Gasteiger partial charge in [-0.1, -0.05) is 42.5 Å². The van der Waals surface area contributed by atoms with Gasteiger partial charge in [-0.25, -0.2) is 13.8 Å². The number of carbonyl (C=O) groups excluding carboxylic acids is 1. The molecule has 3 heterocycles. The summed E-state index contributed by atoms with van der Waals surface area (Å²) < 4.78 is 40.8. The lowest BCUT2D eigenvalue weighted by Crippen LogP contribution is -2.23. The van der Waals surface area contributed by atoms with E-state index in [9.17, 15) is 4.79 Å². The summed E-state index contributed by atoms with van der Waals surface area (Å²) >= 11 is 0. The lowest BCUT2D eigenvalue weighted by molar-refractivity contribution is 0.100. The van der Waals surface area contributed by atoms with Crippen LogP contribution < -0.4 is 20.1 Å². The summed E-state index contributed by atoms with van der Waals surface area (Å²) in [5, 5.41) is 0.803. The number of fused-ring (bicyclic) bond motifs is 2. The molecule has 6 rings (SSSR count). The minimum absolute atomic E-state index is 0.0879. The van der Waals surface area contributed by atoms with Crippen LogP contribution in [0.25, 0.3) is 28.1 Å². The monoisotopic (exact) mass is 598 g/mol. The molecule has 0 unspecified atom stereocenters. The van der Waals surface area contributed by atoms with Crippen LogP contribution in [0.1, 0.15) is 21.6 Å². The van der Waals surface area contributed by atoms with Crippen molar-refractivity contribution in [2.75, 3.05) is 39.8 Å². The number of methoxy groups -OCH3 is 2. The van der Waals surface area contributed by atoms with Crippen LogP contribution in [0.5, 0.6) is 11.5 Å². The van der Waals surface area contributed by atoms with E-state index in [1.807, 2.05) is 54.2 Å². The molecule has 0 atom stereocenters. The van der Waals surface area contributed by atoms with Crippen LogP contribution in [-0.2, 0) is 6.54 Å². The SMILES string of the molecule is COc1cc(OC)c(F)c(-c2cccc3c2N(c2ncc(CN(C)C)[nH]2)CC=C3)c1F.NC(=O)c1cccc2ncccc12. The van der Waals surface area contributed by atoms with Crippen molar-refractivity contribution in [1.82, 2.24) is 19.9 Å².